The standard InChI is InChI=1S/C13H15NO/c1-2-7-12-10(5-1)9-13(15-12)11-6-3-4-8-14-11/h1-2,5,7,9,11,14H,3-4,6,8H2. The van der Waals surface area contributed by atoms with Gasteiger partial charge in [0.2, 0.25) is 0 Å². The van der Waals surface area contributed by atoms with Crippen molar-refractivity contribution < 1.29 is 4.42 Å². The summed E-state index contributed by atoms with van der Waals surface area (Å²) >= 11 is 0. The van der Waals surface area contributed by atoms with Gasteiger partial charge in [-0.25, -0.2) is 0 Å². The van der Waals surface area contributed by atoms with Crippen LogP contribution in [0.1, 0.15) is 31.1 Å². The Morgan fingerprint density at radius 1 is 1.20 bits per heavy atom. The summed E-state index contributed by atoms with van der Waals surface area (Å²) in [5.74, 6) is 1.09. The van der Waals surface area contributed by atoms with Crippen LogP contribution >= 0.6 is 0 Å². The highest BCUT2D eigenvalue weighted by atomic mass is 16.3. The van der Waals surface area contributed by atoms with E-state index in [4.69, 9.17) is 4.42 Å². The molecule has 1 aromatic carbocycles. The smallest absolute Gasteiger partial charge is 0.134 e. The van der Waals surface area contributed by atoms with E-state index in [9.17, 15) is 0 Å². The highest BCUT2D eigenvalue weighted by molar-refractivity contribution is 5.77. The maximum atomic E-state index is 5.85. The molecule has 1 atom stereocenters. The van der Waals surface area contributed by atoms with Gasteiger partial charge in [-0.15, -0.1) is 0 Å². The topological polar surface area (TPSA) is 25.2 Å². The maximum absolute atomic E-state index is 5.85. The zero-order valence-corrected chi connectivity index (χ0v) is 8.70. The van der Waals surface area contributed by atoms with E-state index in [1.807, 2.05) is 12.1 Å². The van der Waals surface area contributed by atoms with Crippen LogP contribution in [0.2, 0.25) is 0 Å². The van der Waals surface area contributed by atoms with Crippen LogP contribution in [-0.2, 0) is 0 Å². The Balaban J connectivity index is 1.96. The van der Waals surface area contributed by atoms with Crippen LogP contribution in [0.3, 0.4) is 0 Å². The van der Waals surface area contributed by atoms with E-state index in [1.54, 1.807) is 0 Å². The summed E-state index contributed by atoms with van der Waals surface area (Å²) in [4.78, 5) is 0. The first-order chi connectivity index (χ1) is 7.43. The van der Waals surface area contributed by atoms with Crippen molar-refractivity contribution in [2.24, 2.45) is 0 Å². The monoisotopic (exact) mass is 201 g/mol. The van der Waals surface area contributed by atoms with E-state index < -0.39 is 0 Å². The summed E-state index contributed by atoms with van der Waals surface area (Å²) in [6, 6.07) is 10.8. The van der Waals surface area contributed by atoms with E-state index in [1.165, 1.54) is 24.6 Å². The van der Waals surface area contributed by atoms with Gasteiger partial charge in [0.1, 0.15) is 11.3 Å². The zero-order valence-electron chi connectivity index (χ0n) is 8.70. The van der Waals surface area contributed by atoms with Crippen molar-refractivity contribution in [1.82, 2.24) is 5.32 Å². The second-order valence-electron chi connectivity index (χ2n) is 4.19. The number of rotatable bonds is 1. The number of fused-ring (bicyclic) bond motifs is 1. The van der Waals surface area contributed by atoms with Crippen molar-refractivity contribution in [1.29, 1.82) is 0 Å². The van der Waals surface area contributed by atoms with Crippen LogP contribution in [0.5, 0.6) is 0 Å². The highest BCUT2D eigenvalue weighted by Gasteiger charge is 2.18. The van der Waals surface area contributed by atoms with Crippen molar-refractivity contribution in [3.63, 3.8) is 0 Å². The van der Waals surface area contributed by atoms with Crippen LogP contribution in [-0.4, -0.2) is 6.54 Å². The first-order valence-corrected chi connectivity index (χ1v) is 5.65. The molecule has 15 heavy (non-hydrogen) atoms. The number of para-hydroxylation sites is 1. The summed E-state index contributed by atoms with van der Waals surface area (Å²) in [6.45, 7) is 1.11. The molecule has 1 aliphatic heterocycles. The Labute approximate surface area is 89.3 Å². The molecule has 1 saturated heterocycles. The average molecular weight is 201 g/mol. The molecule has 3 rings (SSSR count). The van der Waals surface area contributed by atoms with Gasteiger partial charge in [0.25, 0.3) is 0 Å². The second-order valence-corrected chi connectivity index (χ2v) is 4.19. The van der Waals surface area contributed by atoms with Gasteiger partial charge in [0.15, 0.2) is 0 Å². The fraction of sp³-hybridized carbons (Fsp3) is 0.385. The van der Waals surface area contributed by atoms with Gasteiger partial charge in [0, 0.05) is 5.39 Å². The SMILES string of the molecule is c1ccc2oc(C3CCCCN3)cc2c1. The lowest BCUT2D eigenvalue weighted by atomic mass is 10.0. The Morgan fingerprint density at radius 3 is 2.93 bits per heavy atom. The van der Waals surface area contributed by atoms with E-state index in [0.29, 0.717) is 6.04 Å². The molecule has 1 aromatic heterocycles. The second kappa shape index (κ2) is 3.70. The highest BCUT2D eigenvalue weighted by Crippen LogP contribution is 2.28. The van der Waals surface area contributed by atoms with Crippen molar-refractivity contribution in [3.8, 4) is 0 Å². The summed E-state index contributed by atoms with van der Waals surface area (Å²) < 4.78 is 5.85. The van der Waals surface area contributed by atoms with E-state index in [0.717, 1.165) is 17.9 Å². The lowest BCUT2D eigenvalue weighted by Gasteiger charge is -2.21. The third-order valence-electron chi connectivity index (χ3n) is 3.10. The van der Waals surface area contributed by atoms with Gasteiger partial charge in [-0.1, -0.05) is 24.6 Å². The molecule has 1 aliphatic rings. The van der Waals surface area contributed by atoms with E-state index in [-0.39, 0.29) is 0 Å². The Kier molecular flexibility index (Phi) is 2.22. The van der Waals surface area contributed by atoms with Crippen molar-refractivity contribution >= 4 is 11.0 Å². The van der Waals surface area contributed by atoms with Crippen LogP contribution in [0.25, 0.3) is 11.0 Å². The minimum absolute atomic E-state index is 0.422. The van der Waals surface area contributed by atoms with Crippen LogP contribution in [0.4, 0.5) is 0 Å². The Morgan fingerprint density at radius 2 is 2.13 bits per heavy atom. The number of hydrogen-bond acceptors (Lipinski definition) is 2. The van der Waals surface area contributed by atoms with Crippen LogP contribution < -0.4 is 5.32 Å². The largest absolute Gasteiger partial charge is 0.459 e. The van der Waals surface area contributed by atoms with Crippen molar-refractivity contribution in [2.45, 2.75) is 25.3 Å². The number of furan rings is 1. The molecule has 0 bridgehead atoms. The van der Waals surface area contributed by atoms with Gasteiger partial charge in [0.05, 0.1) is 6.04 Å². The lowest BCUT2D eigenvalue weighted by Crippen LogP contribution is -2.26. The summed E-state index contributed by atoms with van der Waals surface area (Å²) in [6.07, 6.45) is 3.78. The molecule has 2 nitrogen and oxygen atoms in total. The third-order valence-corrected chi connectivity index (χ3v) is 3.10. The molecule has 2 heterocycles. The zero-order chi connectivity index (χ0) is 10.1. The van der Waals surface area contributed by atoms with Crippen molar-refractivity contribution in [3.05, 3.63) is 36.1 Å². The molecule has 0 saturated carbocycles. The molecule has 0 spiro atoms. The quantitative estimate of drug-likeness (QED) is 0.766. The summed E-state index contributed by atoms with van der Waals surface area (Å²) in [5.41, 5.74) is 1.000. The fourth-order valence-electron chi connectivity index (χ4n) is 2.27. The molecule has 1 N–H and O–H groups in total. The number of hydrogen-bond donors (Lipinski definition) is 1. The molecular weight excluding hydrogens is 186 g/mol. The molecule has 78 valence electrons. The lowest BCUT2D eigenvalue weighted by molar-refractivity contribution is 0.358. The molecule has 0 amide bonds. The fourth-order valence-corrected chi connectivity index (χ4v) is 2.27. The third kappa shape index (κ3) is 1.65. The van der Waals surface area contributed by atoms with E-state index >= 15 is 0 Å². The van der Waals surface area contributed by atoms with Crippen molar-refractivity contribution in [2.75, 3.05) is 6.54 Å². The molecule has 1 fully saturated rings. The number of benzene rings is 1. The molecule has 2 aromatic rings. The van der Waals surface area contributed by atoms with Gasteiger partial charge in [-0.3, -0.25) is 0 Å². The van der Waals surface area contributed by atoms with Gasteiger partial charge < -0.3 is 9.73 Å². The molecule has 2 heteroatoms. The number of piperidine rings is 1. The Bertz CT molecular complexity index is 421. The molecule has 0 radical (unpaired) electrons. The summed E-state index contributed by atoms with van der Waals surface area (Å²) in [5, 5.41) is 4.71. The van der Waals surface area contributed by atoms with Gasteiger partial charge in [-0.05, 0) is 31.5 Å². The van der Waals surface area contributed by atoms with Crippen LogP contribution in [0, 0.1) is 0 Å². The normalized spacial score (nSPS) is 22.0. The number of nitrogens with one attached hydrogen (secondary N) is 1. The first-order valence-electron chi connectivity index (χ1n) is 5.65. The van der Waals surface area contributed by atoms with Crippen LogP contribution in [0.15, 0.2) is 34.7 Å². The predicted octanol–water partition coefficient (Wildman–Crippen LogP) is 3.25. The van der Waals surface area contributed by atoms with Gasteiger partial charge >= 0.3 is 0 Å². The molecule has 0 aliphatic carbocycles. The Hall–Kier alpha value is -1.28. The van der Waals surface area contributed by atoms with E-state index in [2.05, 4.69) is 23.5 Å². The predicted molar refractivity (Wildman–Crippen MR) is 60.8 cm³/mol. The minimum atomic E-state index is 0.422. The minimum Gasteiger partial charge on any atom is -0.459 e. The molecule has 1 unspecified atom stereocenters. The first kappa shape index (κ1) is 8.98. The van der Waals surface area contributed by atoms with Gasteiger partial charge in [-0.2, -0.15) is 0 Å². The average Bonchev–Trinajstić information content (AvgIpc) is 2.74. The maximum Gasteiger partial charge on any atom is 0.134 e. The molecular formula is C13H15NO. The summed E-state index contributed by atoms with van der Waals surface area (Å²) in [7, 11) is 0.